The number of nitrogens with one attached hydrogen (secondary N) is 1. The van der Waals surface area contributed by atoms with Crippen molar-refractivity contribution in [1.82, 2.24) is 0 Å². The van der Waals surface area contributed by atoms with E-state index < -0.39 is 10.1 Å². The van der Waals surface area contributed by atoms with Crippen molar-refractivity contribution in [2.75, 3.05) is 30.4 Å². The van der Waals surface area contributed by atoms with Crippen molar-refractivity contribution < 1.29 is 17.4 Å². The standard InChI is InChI=1S/C23H23ClN2O4S/c1-17-6-12-22(13-7-17)31(28,29)30-15-14-26(2)21-5-3-4-18(16-21)23(27)25-20-10-8-19(24)9-11-20/h3-13,16H,14-15H2,1-2H3,(H,25,27). The van der Waals surface area contributed by atoms with Gasteiger partial charge in [-0.25, -0.2) is 0 Å². The van der Waals surface area contributed by atoms with Gasteiger partial charge in [0.2, 0.25) is 0 Å². The lowest BCUT2D eigenvalue weighted by Crippen LogP contribution is -2.24. The number of carbonyl (C=O) groups is 1. The Morgan fingerprint density at radius 3 is 2.39 bits per heavy atom. The van der Waals surface area contributed by atoms with Gasteiger partial charge in [-0.1, -0.05) is 35.4 Å². The van der Waals surface area contributed by atoms with Crippen molar-refractivity contribution in [3.05, 3.63) is 88.9 Å². The number of halogens is 1. The summed E-state index contributed by atoms with van der Waals surface area (Å²) in [6.45, 7) is 2.19. The lowest BCUT2D eigenvalue weighted by molar-refractivity contribution is 0.102. The molecule has 3 rings (SSSR count). The first-order valence-corrected chi connectivity index (χ1v) is 11.4. The largest absolute Gasteiger partial charge is 0.372 e. The highest BCUT2D eigenvalue weighted by molar-refractivity contribution is 7.86. The molecule has 0 aliphatic carbocycles. The molecule has 0 atom stereocenters. The summed E-state index contributed by atoms with van der Waals surface area (Å²) < 4.78 is 29.7. The Kier molecular flexibility index (Phi) is 7.33. The van der Waals surface area contributed by atoms with Crippen LogP contribution >= 0.6 is 11.6 Å². The summed E-state index contributed by atoms with van der Waals surface area (Å²) in [5, 5.41) is 3.41. The zero-order chi connectivity index (χ0) is 22.4. The van der Waals surface area contributed by atoms with Crippen LogP contribution in [-0.2, 0) is 14.3 Å². The number of anilines is 2. The van der Waals surface area contributed by atoms with Crippen molar-refractivity contribution in [3.8, 4) is 0 Å². The fraction of sp³-hybridized carbons (Fsp3) is 0.174. The Morgan fingerprint density at radius 2 is 1.71 bits per heavy atom. The Balaban J connectivity index is 1.59. The maximum Gasteiger partial charge on any atom is 0.297 e. The first kappa shape index (κ1) is 22.8. The fourth-order valence-electron chi connectivity index (χ4n) is 2.81. The Labute approximate surface area is 187 Å². The zero-order valence-electron chi connectivity index (χ0n) is 17.2. The predicted octanol–water partition coefficient (Wildman–Crippen LogP) is 4.74. The van der Waals surface area contributed by atoms with E-state index >= 15 is 0 Å². The Morgan fingerprint density at radius 1 is 1.03 bits per heavy atom. The molecule has 0 aliphatic rings. The van der Waals surface area contributed by atoms with Gasteiger partial charge in [0, 0.05) is 35.6 Å². The van der Waals surface area contributed by atoms with Crippen molar-refractivity contribution in [2.45, 2.75) is 11.8 Å². The van der Waals surface area contributed by atoms with Gasteiger partial charge in [0.15, 0.2) is 0 Å². The minimum atomic E-state index is -3.81. The Hall–Kier alpha value is -2.87. The number of hydrogen-bond donors (Lipinski definition) is 1. The van der Waals surface area contributed by atoms with E-state index in [0.29, 0.717) is 22.8 Å². The molecule has 162 valence electrons. The van der Waals surface area contributed by atoms with Crippen molar-refractivity contribution in [3.63, 3.8) is 0 Å². The molecule has 0 aliphatic heterocycles. The quantitative estimate of drug-likeness (QED) is 0.493. The summed E-state index contributed by atoms with van der Waals surface area (Å²) in [7, 11) is -2.01. The molecular weight excluding hydrogens is 436 g/mol. The first-order chi connectivity index (χ1) is 14.7. The minimum absolute atomic E-state index is 0.0199. The number of hydrogen-bond acceptors (Lipinski definition) is 5. The van der Waals surface area contributed by atoms with Gasteiger partial charge >= 0.3 is 0 Å². The van der Waals surface area contributed by atoms with Gasteiger partial charge in [0.25, 0.3) is 16.0 Å². The summed E-state index contributed by atoms with van der Waals surface area (Å²) in [4.78, 5) is 14.5. The third-order valence-electron chi connectivity index (χ3n) is 4.63. The van der Waals surface area contributed by atoms with E-state index in [0.717, 1.165) is 11.3 Å². The molecule has 0 aromatic heterocycles. The second-order valence-electron chi connectivity index (χ2n) is 7.02. The molecular formula is C23H23ClN2O4S. The highest BCUT2D eigenvalue weighted by Crippen LogP contribution is 2.19. The second-order valence-corrected chi connectivity index (χ2v) is 9.07. The predicted molar refractivity (Wildman–Crippen MR) is 123 cm³/mol. The minimum Gasteiger partial charge on any atom is -0.372 e. The van der Waals surface area contributed by atoms with Crippen LogP contribution in [0.4, 0.5) is 11.4 Å². The van der Waals surface area contributed by atoms with Crippen LogP contribution < -0.4 is 10.2 Å². The van der Waals surface area contributed by atoms with E-state index in [1.807, 2.05) is 17.9 Å². The molecule has 31 heavy (non-hydrogen) atoms. The zero-order valence-corrected chi connectivity index (χ0v) is 18.8. The summed E-state index contributed by atoms with van der Waals surface area (Å²) in [5.41, 5.74) is 2.86. The summed E-state index contributed by atoms with van der Waals surface area (Å²) in [5.74, 6) is -0.254. The van der Waals surface area contributed by atoms with Gasteiger partial charge in [-0.05, 0) is 61.5 Å². The van der Waals surface area contributed by atoms with Crippen molar-refractivity contribution >= 4 is 39.0 Å². The van der Waals surface area contributed by atoms with Crippen molar-refractivity contribution in [2.24, 2.45) is 0 Å². The highest BCUT2D eigenvalue weighted by Gasteiger charge is 2.15. The van der Waals surface area contributed by atoms with Crippen LogP contribution in [0.1, 0.15) is 15.9 Å². The molecule has 1 N–H and O–H groups in total. The average molecular weight is 459 g/mol. The lowest BCUT2D eigenvalue weighted by atomic mass is 10.1. The molecule has 6 nitrogen and oxygen atoms in total. The summed E-state index contributed by atoms with van der Waals surface area (Å²) in [6, 6.07) is 20.4. The van der Waals surface area contributed by atoms with Gasteiger partial charge in [0.1, 0.15) is 0 Å². The summed E-state index contributed by atoms with van der Waals surface area (Å²) in [6.07, 6.45) is 0. The van der Waals surface area contributed by atoms with Crippen molar-refractivity contribution in [1.29, 1.82) is 0 Å². The molecule has 3 aromatic rings. The van der Waals surface area contributed by atoms with E-state index in [1.54, 1.807) is 61.6 Å². The third kappa shape index (κ3) is 6.30. The molecule has 0 saturated heterocycles. The first-order valence-electron chi connectivity index (χ1n) is 9.59. The molecule has 8 heteroatoms. The van der Waals surface area contributed by atoms with E-state index in [2.05, 4.69) is 5.32 Å². The van der Waals surface area contributed by atoms with Gasteiger partial charge in [-0.15, -0.1) is 0 Å². The van der Waals surface area contributed by atoms with E-state index in [9.17, 15) is 13.2 Å². The number of likely N-dealkylation sites (N-methyl/N-ethyl adjacent to an activating group) is 1. The molecule has 0 radical (unpaired) electrons. The van der Waals surface area contributed by atoms with Crippen LogP contribution in [0.5, 0.6) is 0 Å². The number of rotatable bonds is 8. The van der Waals surface area contributed by atoms with Gasteiger partial charge in [-0.3, -0.25) is 8.98 Å². The average Bonchev–Trinajstić information content (AvgIpc) is 2.75. The molecule has 3 aromatic carbocycles. The Bertz CT molecular complexity index is 1150. The summed E-state index contributed by atoms with van der Waals surface area (Å²) >= 11 is 5.87. The van der Waals surface area contributed by atoms with Crippen LogP contribution in [0.2, 0.25) is 5.02 Å². The number of carbonyl (C=O) groups excluding carboxylic acids is 1. The molecule has 0 heterocycles. The van der Waals surface area contributed by atoms with E-state index in [4.69, 9.17) is 15.8 Å². The smallest absolute Gasteiger partial charge is 0.297 e. The van der Waals surface area contributed by atoms with Gasteiger partial charge in [0.05, 0.1) is 11.5 Å². The van der Waals surface area contributed by atoms with Gasteiger partial charge < -0.3 is 10.2 Å². The number of amides is 1. The molecule has 0 unspecified atom stereocenters. The maximum absolute atomic E-state index is 12.5. The number of aryl methyl sites for hydroxylation is 1. The fourth-order valence-corrected chi connectivity index (χ4v) is 3.83. The molecule has 0 spiro atoms. The second kappa shape index (κ2) is 9.96. The monoisotopic (exact) mass is 458 g/mol. The lowest BCUT2D eigenvalue weighted by Gasteiger charge is -2.20. The molecule has 0 fully saturated rings. The molecule has 1 amide bonds. The van der Waals surface area contributed by atoms with Crippen LogP contribution in [0.3, 0.4) is 0 Å². The van der Waals surface area contributed by atoms with E-state index in [-0.39, 0.29) is 17.4 Å². The van der Waals surface area contributed by atoms with Crippen LogP contribution in [-0.4, -0.2) is 34.5 Å². The van der Waals surface area contributed by atoms with Crippen LogP contribution in [0, 0.1) is 6.92 Å². The van der Waals surface area contributed by atoms with Crippen LogP contribution in [0.15, 0.2) is 77.7 Å². The third-order valence-corrected chi connectivity index (χ3v) is 6.20. The van der Waals surface area contributed by atoms with E-state index in [1.165, 1.54) is 12.1 Å². The van der Waals surface area contributed by atoms with Gasteiger partial charge in [-0.2, -0.15) is 8.42 Å². The van der Waals surface area contributed by atoms with Crippen LogP contribution in [0.25, 0.3) is 0 Å². The normalized spacial score (nSPS) is 11.2. The molecule has 0 saturated carbocycles. The topological polar surface area (TPSA) is 75.7 Å². The highest BCUT2D eigenvalue weighted by atomic mass is 35.5. The SMILES string of the molecule is Cc1ccc(S(=O)(=O)OCCN(C)c2cccc(C(=O)Nc3ccc(Cl)cc3)c2)cc1. The number of benzene rings is 3. The number of nitrogens with zero attached hydrogens (tertiary/aromatic N) is 1. The molecule has 0 bridgehead atoms. The maximum atomic E-state index is 12.5.